The number of nitrogens with zero attached hydrogens (tertiary/aromatic N) is 2. The molecule has 0 bridgehead atoms. The molecule has 0 spiro atoms. The lowest BCUT2D eigenvalue weighted by molar-refractivity contribution is -0.141. The Morgan fingerprint density at radius 1 is 1.27 bits per heavy atom. The first kappa shape index (κ1) is 19.8. The number of benzene rings is 1. The highest BCUT2D eigenvalue weighted by Gasteiger charge is 2.44. The van der Waals surface area contributed by atoms with Crippen LogP contribution in [0.2, 0.25) is 0 Å². The predicted octanol–water partition coefficient (Wildman–Crippen LogP) is 3.58. The lowest BCUT2D eigenvalue weighted by Gasteiger charge is -2.28. The third-order valence-electron chi connectivity index (χ3n) is 4.59. The van der Waals surface area contributed by atoms with Crippen molar-refractivity contribution in [1.29, 1.82) is 5.26 Å². The molecule has 0 aromatic heterocycles. The zero-order chi connectivity index (χ0) is 19.4. The smallest absolute Gasteiger partial charge is 0.332 e. The van der Waals surface area contributed by atoms with Crippen LogP contribution in [0.4, 0.5) is 18.9 Å². The van der Waals surface area contributed by atoms with Crippen LogP contribution in [-0.4, -0.2) is 29.8 Å². The predicted molar refractivity (Wildman–Crippen MR) is 88.8 cm³/mol. The van der Waals surface area contributed by atoms with Gasteiger partial charge in [-0.2, -0.15) is 18.4 Å². The van der Waals surface area contributed by atoms with E-state index in [9.17, 15) is 28.0 Å². The number of amides is 2. The second kappa shape index (κ2) is 7.77. The molecule has 8 heteroatoms. The highest BCUT2D eigenvalue weighted by atomic mass is 19.4. The van der Waals surface area contributed by atoms with Crippen LogP contribution in [0.1, 0.15) is 38.2 Å². The Hall–Kier alpha value is -2.56. The van der Waals surface area contributed by atoms with Crippen LogP contribution >= 0.6 is 0 Å². The molecule has 0 atom stereocenters. The van der Waals surface area contributed by atoms with E-state index in [4.69, 9.17) is 0 Å². The van der Waals surface area contributed by atoms with Crippen LogP contribution in [0.3, 0.4) is 0 Å². The van der Waals surface area contributed by atoms with Crippen LogP contribution in [-0.2, 0) is 15.8 Å². The lowest BCUT2D eigenvalue weighted by Crippen LogP contribution is -2.45. The van der Waals surface area contributed by atoms with Crippen molar-refractivity contribution in [2.75, 3.05) is 18.4 Å². The zero-order valence-corrected chi connectivity index (χ0v) is 14.4. The summed E-state index contributed by atoms with van der Waals surface area (Å²) in [6.07, 6.45) is -2.18. The molecule has 0 radical (unpaired) electrons. The summed E-state index contributed by atoms with van der Waals surface area (Å²) in [6.45, 7) is 1.45. The summed E-state index contributed by atoms with van der Waals surface area (Å²) in [5.74, 6) is -1.16. The summed E-state index contributed by atoms with van der Waals surface area (Å²) in [7, 11) is 0. The van der Waals surface area contributed by atoms with E-state index in [1.807, 2.05) is 0 Å². The Labute approximate surface area is 149 Å². The van der Waals surface area contributed by atoms with Gasteiger partial charge in [-0.25, -0.2) is 0 Å². The van der Waals surface area contributed by atoms with E-state index in [0.717, 1.165) is 25.0 Å². The van der Waals surface area contributed by atoms with E-state index in [1.165, 1.54) is 17.0 Å². The minimum Gasteiger partial charge on any atom is -0.332 e. The zero-order valence-electron chi connectivity index (χ0n) is 14.4. The standard InChI is InChI=1S/C18H20F3N3O2/c1-2-24(16(26)17(12-22)9-5-6-10-17)11-15(25)23-14-8-4-3-7-13(14)18(19,20)21/h3-4,7-8H,2,5-6,9-11H2,1H3,(H,23,25). The van der Waals surface area contributed by atoms with Crippen molar-refractivity contribution in [3.8, 4) is 6.07 Å². The fourth-order valence-corrected chi connectivity index (χ4v) is 3.18. The van der Waals surface area contributed by atoms with Gasteiger partial charge < -0.3 is 10.2 Å². The molecule has 1 saturated carbocycles. The number of halogens is 3. The normalized spacial score (nSPS) is 16.0. The average Bonchev–Trinajstić information content (AvgIpc) is 3.09. The monoisotopic (exact) mass is 367 g/mol. The van der Waals surface area contributed by atoms with Gasteiger partial charge in [0.2, 0.25) is 11.8 Å². The molecule has 2 amide bonds. The molecule has 0 saturated heterocycles. The molecular weight excluding hydrogens is 347 g/mol. The Kier molecular flexibility index (Phi) is 5.90. The highest BCUT2D eigenvalue weighted by molar-refractivity contribution is 5.96. The van der Waals surface area contributed by atoms with E-state index in [0.29, 0.717) is 12.8 Å². The van der Waals surface area contributed by atoms with Crippen molar-refractivity contribution in [3.05, 3.63) is 29.8 Å². The van der Waals surface area contributed by atoms with Gasteiger partial charge in [-0.3, -0.25) is 9.59 Å². The summed E-state index contributed by atoms with van der Waals surface area (Å²) in [4.78, 5) is 26.1. The van der Waals surface area contributed by atoms with Crippen molar-refractivity contribution >= 4 is 17.5 Å². The van der Waals surface area contributed by atoms with E-state index in [1.54, 1.807) is 6.92 Å². The number of hydrogen-bond donors (Lipinski definition) is 1. The maximum absolute atomic E-state index is 13.0. The molecule has 0 unspecified atom stereocenters. The topological polar surface area (TPSA) is 73.2 Å². The summed E-state index contributed by atoms with van der Waals surface area (Å²) in [5, 5.41) is 11.6. The van der Waals surface area contributed by atoms with E-state index in [2.05, 4.69) is 11.4 Å². The number of para-hydroxylation sites is 1. The molecule has 1 aliphatic rings. The molecule has 0 heterocycles. The van der Waals surface area contributed by atoms with Crippen LogP contribution < -0.4 is 5.32 Å². The summed E-state index contributed by atoms with van der Waals surface area (Å²) < 4.78 is 39.0. The van der Waals surface area contributed by atoms with Gasteiger partial charge >= 0.3 is 6.18 Å². The number of nitrogens with one attached hydrogen (secondary N) is 1. The molecule has 1 aliphatic carbocycles. The Morgan fingerprint density at radius 2 is 1.88 bits per heavy atom. The van der Waals surface area contributed by atoms with E-state index >= 15 is 0 Å². The fourth-order valence-electron chi connectivity index (χ4n) is 3.18. The van der Waals surface area contributed by atoms with Crippen LogP contribution in [0.5, 0.6) is 0 Å². The second-order valence-electron chi connectivity index (χ2n) is 6.31. The van der Waals surface area contributed by atoms with E-state index < -0.39 is 35.5 Å². The molecule has 1 fully saturated rings. The van der Waals surface area contributed by atoms with Crippen LogP contribution in [0, 0.1) is 16.7 Å². The van der Waals surface area contributed by atoms with Crippen molar-refractivity contribution in [2.24, 2.45) is 5.41 Å². The molecule has 0 aliphatic heterocycles. The average molecular weight is 367 g/mol. The van der Waals surface area contributed by atoms with Gasteiger partial charge in [-0.15, -0.1) is 0 Å². The van der Waals surface area contributed by atoms with Crippen molar-refractivity contribution < 1.29 is 22.8 Å². The minimum absolute atomic E-state index is 0.191. The number of likely N-dealkylation sites (N-methyl/N-ethyl adjacent to an activating group) is 1. The maximum atomic E-state index is 13.0. The quantitative estimate of drug-likeness (QED) is 0.865. The lowest BCUT2D eigenvalue weighted by atomic mass is 9.86. The second-order valence-corrected chi connectivity index (χ2v) is 6.31. The van der Waals surface area contributed by atoms with Gasteiger partial charge in [0.1, 0.15) is 5.41 Å². The first-order chi connectivity index (χ1) is 12.2. The van der Waals surface area contributed by atoms with Gasteiger partial charge in [0, 0.05) is 6.54 Å². The summed E-state index contributed by atoms with van der Waals surface area (Å²) in [5.41, 5.74) is -2.43. The third kappa shape index (κ3) is 4.15. The molecular formula is C18H20F3N3O2. The molecule has 5 nitrogen and oxygen atoms in total. The Morgan fingerprint density at radius 3 is 2.42 bits per heavy atom. The van der Waals surface area contributed by atoms with Crippen molar-refractivity contribution in [3.63, 3.8) is 0 Å². The number of rotatable bonds is 5. The third-order valence-corrected chi connectivity index (χ3v) is 4.59. The number of alkyl halides is 3. The summed E-state index contributed by atoms with van der Waals surface area (Å²) >= 11 is 0. The van der Waals surface area contributed by atoms with Crippen molar-refractivity contribution in [1.82, 2.24) is 4.90 Å². The van der Waals surface area contributed by atoms with Gasteiger partial charge in [0.05, 0.1) is 23.9 Å². The van der Waals surface area contributed by atoms with Crippen LogP contribution in [0.25, 0.3) is 0 Å². The van der Waals surface area contributed by atoms with Gasteiger partial charge in [-0.1, -0.05) is 25.0 Å². The fraction of sp³-hybridized carbons (Fsp3) is 0.500. The molecule has 1 aromatic rings. The Balaban J connectivity index is 2.12. The number of carbonyl (C=O) groups excluding carboxylic acids is 2. The largest absolute Gasteiger partial charge is 0.418 e. The van der Waals surface area contributed by atoms with Crippen molar-refractivity contribution in [2.45, 2.75) is 38.8 Å². The molecule has 26 heavy (non-hydrogen) atoms. The first-order valence-electron chi connectivity index (χ1n) is 8.40. The van der Waals surface area contributed by atoms with Gasteiger partial charge in [0.25, 0.3) is 0 Å². The highest BCUT2D eigenvalue weighted by Crippen LogP contribution is 2.39. The maximum Gasteiger partial charge on any atom is 0.418 e. The molecule has 2 rings (SSSR count). The van der Waals surface area contributed by atoms with Crippen LogP contribution in [0.15, 0.2) is 24.3 Å². The number of nitriles is 1. The summed E-state index contributed by atoms with van der Waals surface area (Å²) in [6, 6.07) is 6.73. The molecule has 140 valence electrons. The van der Waals surface area contributed by atoms with E-state index in [-0.39, 0.29) is 12.2 Å². The number of carbonyl (C=O) groups is 2. The first-order valence-corrected chi connectivity index (χ1v) is 8.40. The minimum atomic E-state index is -4.60. The molecule has 1 N–H and O–H groups in total. The number of hydrogen-bond acceptors (Lipinski definition) is 3. The molecule has 1 aromatic carbocycles. The van der Waals surface area contributed by atoms with Gasteiger partial charge in [-0.05, 0) is 31.9 Å². The van der Waals surface area contributed by atoms with Gasteiger partial charge in [0.15, 0.2) is 0 Å². The number of anilines is 1. The SMILES string of the molecule is CCN(CC(=O)Nc1ccccc1C(F)(F)F)C(=O)C1(C#N)CCCC1. The Bertz CT molecular complexity index is 719.